The van der Waals surface area contributed by atoms with Crippen molar-refractivity contribution in [3.63, 3.8) is 0 Å². The smallest absolute Gasteiger partial charge is 0.404 e. The number of benzene rings is 1. The summed E-state index contributed by atoms with van der Waals surface area (Å²) in [7, 11) is 1.70. The van der Waals surface area contributed by atoms with E-state index in [1.165, 1.54) is 29.2 Å². The lowest BCUT2D eigenvalue weighted by Crippen LogP contribution is -2.24. The molecule has 2 rings (SSSR count). The standard InChI is InChI=1S/C12H13F3N6O.HI/c1-21-7-18-10(20-21)6-17-11(16)19-8-4-2-3-5-9(8)22-12(13,14)15;/h2-5,7H,6H2,1H3,(H3,16,17,19);1H. The Balaban J connectivity index is 0.00000264. The summed E-state index contributed by atoms with van der Waals surface area (Å²) in [4.78, 5) is 7.90. The molecule has 0 saturated heterocycles. The van der Waals surface area contributed by atoms with E-state index in [9.17, 15) is 13.2 Å². The number of aliphatic imine (C=N–C) groups is 1. The molecule has 0 radical (unpaired) electrons. The summed E-state index contributed by atoms with van der Waals surface area (Å²) < 4.78 is 42.3. The van der Waals surface area contributed by atoms with Crippen molar-refractivity contribution in [2.45, 2.75) is 12.9 Å². The van der Waals surface area contributed by atoms with E-state index in [0.29, 0.717) is 5.82 Å². The van der Waals surface area contributed by atoms with E-state index < -0.39 is 12.1 Å². The molecule has 11 heteroatoms. The predicted octanol–water partition coefficient (Wildman–Crippen LogP) is 2.26. The second-order valence-electron chi connectivity index (χ2n) is 4.20. The molecule has 0 fully saturated rings. The Kier molecular flexibility index (Phi) is 6.60. The number of nitrogens with two attached hydrogens (primary N) is 1. The first-order valence-corrected chi connectivity index (χ1v) is 6.10. The number of hydrogen-bond donors (Lipinski definition) is 2. The molecular formula is C12H14F3IN6O. The van der Waals surface area contributed by atoms with Gasteiger partial charge in [-0.15, -0.1) is 37.1 Å². The average molecular weight is 442 g/mol. The Labute approximate surface area is 146 Å². The first kappa shape index (κ1) is 19.0. The fraction of sp³-hybridized carbons (Fsp3) is 0.250. The molecule has 0 spiro atoms. The summed E-state index contributed by atoms with van der Waals surface area (Å²) in [5.41, 5.74) is 5.68. The lowest BCUT2D eigenvalue weighted by atomic mass is 10.3. The zero-order chi connectivity index (χ0) is 16.2. The maximum atomic E-state index is 12.3. The Morgan fingerprint density at radius 3 is 2.70 bits per heavy atom. The third-order valence-electron chi connectivity index (χ3n) is 2.41. The number of halogens is 4. The number of aryl methyl sites for hydroxylation is 1. The van der Waals surface area contributed by atoms with E-state index in [4.69, 9.17) is 5.73 Å². The summed E-state index contributed by atoms with van der Waals surface area (Å²) in [6, 6.07) is 5.52. The Morgan fingerprint density at radius 1 is 1.39 bits per heavy atom. The summed E-state index contributed by atoms with van der Waals surface area (Å²) in [6.45, 7) is 0.0992. The molecule has 126 valence electrons. The normalized spacial score (nSPS) is 11.7. The fourth-order valence-electron chi connectivity index (χ4n) is 1.57. The Hall–Kier alpha value is -2.05. The van der Waals surface area contributed by atoms with Crippen LogP contribution in [-0.4, -0.2) is 27.1 Å². The Morgan fingerprint density at radius 2 is 2.09 bits per heavy atom. The minimum Gasteiger partial charge on any atom is -0.404 e. The van der Waals surface area contributed by atoms with Crippen LogP contribution in [0, 0.1) is 0 Å². The monoisotopic (exact) mass is 442 g/mol. The molecule has 0 aliphatic heterocycles. The van der Waals surface area contributed by atoms with Gasteiger partial charge in [0, 0.05) is 7.05 Å². The van der Waals surface area contributed by atoms with Crippen LogP contribution in [-0.2, 0) is 13.6 Å². The number of anilines is 1. The highest BCUT2D eigenvalue weighted by Gasteiger charge is 2.32. The summed E-state index contributed by atoms with van der Waals surface area (Å²) >= 11 is 0. The third-order valence-corrected chi connectivity index (χ3v) is 2.41. The van der Waals surface area contributed by atoms with Gasteiger partial charge < -0.3 is 15.8 Å². The molecule has 2 aromatic rings. The molecule has 0 saturated carbocycles. The molecule has 1 aromatic heterocycles. The number of nitrogens with zero attached hydrogens (tertiary/aromatic N) is 4. The molecule has 0 aliphatic carbocycles. The number of alkyl halides is 3. The zero-order valence-electron chi connectivity index (χ0n) is 11.9. The highest BCUT2D eigenvalue weighted by atomic mass is 127. The highest BCUT2D eigenvalue weighted by Crippen LogP contribution is 2.29. The summed E-state index contributed by atoms with van der Waals surface area (Å²) in [6.07, 6.45) is -3.29. The second kappa shape index (κ2) is 7.99. The van der Waals surface area contributed by atoms with Crippen LogP contribution in [0.3, 0.4) is 0 Å². The number of nitrogens with one attached hydrogen (secondary N) is 1. The van der Waals surface area contributed by atoms with Gasteiger partial charge >= 0.3 is 6.36 Å². The largest absolute Gasteiger partial charge is 0.573 e. The van der Waals surface area contributed by atoms with Gasteiger partial charge in [0.25, 0.3) is 0 Å². The van der Waals surface area contributed by atoms with Crippen LogP contribution >= 0.6 is 24.0 Å². The van der Waals surface area contributed by atoms with Crippen LogP contribution in [0.5, 0.6) is 5.75 Å². The molecule has 0 aliphatic rings. The lowest BCUT2D eigenvalue weighted by molar-refractivity contribution is -0.274. The number of hydrogen-bond acceptors (Lipinski definition) is 4. The van der Waals surface area contributed by atoms with Gasteiger partial charge in [-0.25, -0.2) is 9.98 Å². The van der Waals surface area contributed by atoms with Crippen molar-refractivity contribution in [3.8, 4) is 5.75 Å². The van der Waals surface area contributed by atoms with Crippen molar-refractivity contribution in [1.29, 1.82) is 0 Å². The number of ether oxygens (including phenoxy) is 1. The van der Waals surface area contributed by atoms with E-state index in [0.717, 1.165) is 0 Å². The van der Waals surface area contributed by atoms with Crippen LogP contribution in [0.2, 0.25) is 0 Å². The van der Waals surface area contributed by atoms with Gasteiger partial charge in [0.2, 0.25) is 0 Å². The molecule has 3 N–H and O–H groups in total. The summed E-state index contributed by atoms with van der Waals surface area (Å²) in [5.74, 6) is -0.0399. The van der Waals surface area contributed by atoms with Gasteiger partial charge in [-0.1, -0.05) is 12.1 Å². The van der Waals surface area contributed by atoms with Crippen LogP contribution < -0.4 is 15.8 Å². The van der Waals surface area contributed by atoms with Gasteiger partial charge in [-0.05, 0) is 12.1 Å². The maximum absolute atomic E-state index is 12.3. The number of para-hydroxylation sites is 2. The number of aromatic nitrogens is 3. The van der Waals surface area contributed by atoms with Crippen LogP contribution in [0.25, 0.3) is 0 Å². The number of rotatable bonds is 4. The molecule has 0 bridgehead atoms. The van der Waals surface area contributed by atoms with Gasteiger partial charge in [-0.2, -0.15) is 5.10 Å². The second-order valence-corrected chi connectivity index (χ2v) is 4.20. The molecule has 0 amide bonds. The molecule has 23 heavy (non-hydrogen) atoms. The maximum Gasteiger partial charge on any atom is 0.573 e. The molecule has 0 unspecified atom stereocenters. The SMILES string of the molecule is Cn1cnc(CN=C(N)Nc2ccccc2OC(F)(F)F)n1.I. The fourth-order valence-corrected chi connectivity index (χ4v) is 1.57. The first-order valence-electron chi connectivity index (χ1n) is 6.10. The van der Waals surface area contributed by atoms with Crippen molar-refractivity contribution in [2.75, 3.05) is 5.32 Å². The van der Waals surface area contributed by atoms with E-state index in [2.05, 4.69) is 25.1 Å². The van der Waals surface area contributed by atoms with Crippen LogP contribution in [0.1, 0.15) is 5.82 Å². The van der Waals surface area contributed by atoms with E-state index >= 15 is 0 Å². The predicted molar refractivity (Wildman–Crippen MR) is 88.5 cm³/mol. The first-order chi connectivity index (χ1) is 10.3. The van der Waals surface area contributed by atoms with E-state index in [-0.39, 0.29) is 42.2 Å². The van der Waals surface area contributed by atoms with Gasteiger partial charge in [-0.3, -0.25) is 4.68 Å². The van der Waals surface area contributed by atoms with Gasteiger partial charge in [0.15, 0.2) is 17.5 Å². The lowest BCUT2D eigenvalue weighted by Gasteiger charge is -2.13. The highest BCUT2D eigenvalue weighted by molar-refractivity contribution is 14.0. The van der Waals surface area contributed by atoms with Crippen molar-refractivity contribution in [3.05, 3.63) is 36.4 Å². The van der Waals surface area contributed by atoms with Crippen molar-refractivity contribution in [2.24, 2.45) is 17.8 Å². The van der Waals surface area contributed by atoms with Crippen molar-refractivity contribution in [1.82, 2.24) is 14.8 Å². The molecule has 0 atom stereocenters. The Bertz CT molecular complexity index is 673. The third kappa shape index (κ3) is 6.30. The number of guanidine groups is 1. The van der Waals surface area contributed by atoms with Gasteiger partial charge in [0.1, 0.15) is 12.9 Å². The van der Waals surface area contributed by atoms with Crippen LogP contribution in [0.4, 0.5) is 18.9 Å². The molecule has 1 heterocycles. The summed E-state index contributed by atoms with van der Waals surface area (Å²) in [5, 5.41) is 6.55. The zero-order valence-corrected chi connectivity index (χ0v) is 14.2. The minimum absolute atomic E-state index is 0. The quantitative estimate of drug-likeness (QED) is 0.431. The van der Waals surface area contributed by atoms with E-state index in [1.54, 1.807) is 13.1 Å². The van der Waals surface area contributed by atoms with Crippen molar-refractivity contribution >= 4 is 35.6 Å². The molecule has 1 aromatic carbocycles. The average Bonchev–Trinajstić information content (AvgIpc) is 2.83. The molecule has 7 nitrogen and oxygen atoms in total. The molecular weight excluding hydrogens is 428 g/mol. The van der Waals surface area contributed by atoms with Gasteiger partial charge in [0.05, 0.1) is 5.69 Å². The topological polar surface area (TPSA) is 90.4 Å². The van der Waals surface area contributed by atoms with Crippen molar-refractivity contribution < 1.29 is 17.9 Å². The van der Waals surface area contributed by atoms with E-state index in [1.807, 2.05) is 0 Å². The van der Waals surface area contributed by atoms with Crippen LogP contribution in [0.15, 0.2) is 35.6 Å². The minimum atomic E-state index is -4.79.